The number of hydrogen-bond acceptors (Lipinski definition) is 5. The van der Waals surface area contributed by atoms with Crippen molar-refractivity contribution < 1.29 is 0 Å². The fourth-order valence-electron chi connectivity index (χ4n) is 1.36. The predicted molar refractivity (Wildman–Crippen MR) is 60.7 cm³/mol. The zero-order chi connectivity index (χ0) is 10.1. The molecule has 0 spiro atoms. The minimum atomic E-state index is 0.329. The number of nitrogen functional groups attached to an aromatic ring is 1. The van der Waals surface area contributed by atoms with E-state index in [9.17, 15) is 0 Å². The van der Waals surface area contributed by atoms with Gasteiger partial charge < -0.3 is 11.1 Å². The van der Waals surface area contributed by atoms with E-state index < -0.39 is 0 Å². The summed E-state index contributed by atoms with van der Waals surface area (Å²) in [5.74, 6) is 1.16. The number of nitrogens with two attached hydrogens (primary N) is 1. The van der Waals surface area contributed by atoms with Crippen LogP contribution >= 0.6 is 11.3 Å². The van der Waals surface area contributed by atoms with Crippen molar-refractivity contribution in [1.29, 1.82) is 0 Å². The number of nitrogens with one attached hydrogen (secondary N) is 1. The van der Waals surface area contributed by atoms with Crippen LogP contribution < -0.4 is 11.1 Å². The van der Waals surface area contributed by atoms with Crippen LogP contribution in [-0.2, 0) is 0 Å². The smallest absolute Gasteiger partial charge is 0.223 e. The van der Waals surface area contributed by atoms with Crippen molar-refractivity contribution in [2.45, 2.75) is 13.8 Å². The van der Waals surface area contributed by atoms with Crippen molar-refractivity contribution in [2.75, 3.05) is 17.6 Å². The number of fused-ring (bicyclic) bond motifs is 1. The molecule has 0 aromatic carbocycles. The zero-order valence-corrected chi connectivity index (χ0v) is 8.98. The molecule has 2 aromatic heterocycles. The van der Waals surface area contributed by atoms with E-state index in [4.69, 9.17) is 5.73 Å². The van der Waals surface area contributed by atoms with Crippen LogP contribution in [0.25, 0.3) is 10.2 Å². The summed E-state index contributed by atoms with van der Waals surface area (Å²) < 4.78 is 0. The van der Waals surface area contributed by atoms with Crippen molar-refractivity contribution in [2.24, 2.45) is 0 Å². The van der Waals surface area contributed by atoms with Crippen molar-refractivity contribution in [3.63, 3.8) is 0 Å². The molecular weight excluding hydrogens is 196 g/mol. The Balaban J connectivity index is 2.66. The third-order valence-corrected chi connectivity index (χ3v) is 2.82. The van der Waals surface area contributed by atoms with Crippen LogP contribution in [0.15, 0.2) is 6.07 Å². The van der Waals surface area contributed by atoms with Crippen molar-refractivity contribution in [3.05, 3.63) is 10.9 Å². The Morgan fingerprint density at radius 3 is 3.00 bits per heavy atom. The first-order valence-electron chi connectivity index (χ1n) is 4.48. The molecule has 0 aliphatic rings. The SMILES string of the molecule is CCNc1nc(N)nc2sc(C)cc12. The van der Waals surface area contributed by atoms with Crippen LogP contribution in [0.3, 0.4) is 0 Å². The maximum Gasteiger partial charge on any atom is 0.223 e. The normalized spacial score (nSPS) is 10.7. The first kappa shape index (κ1) is 9.21. The Morgan fingerprint density at radius 2 is 2.29 bits per heavy atom. The predicted octanol–water partition coefficient (Wildman–Crippen LogP) is 2.01. The molecule has 0 saturated heterocycles. The van der Waals surface area contributed by atoms with Gasteiger partial charge in [0.2, 0.25) is 5.95 Å². The van der Waals surface area contributed by atoms with Gasteiger partial charge in [-0.3, -0.25) is 0 Å². The van der Waals surface area contributed by atoms with E-state index in [1.807, 2.05) is 6.92 Å². The Morgan fingerprint density at radius 1 is 1.50 bits per heavy atom. The number of aromatic nitrogens is 2. The first-order valence-corrected chi connectivity index (χ1v) is 5.30. The standard InChI is InChI=1S/C9H12N4S/c1-3-11-7-6-4-5(2)14-8(6)13-9(10)12-7/h4H,3H2,1-2H3,(H3,10,11,12,13). The molecule has 0 aliphatic heterocycles. The van der Waals surface area contributed by atoms with Gasteiger partial charge in [0.1, 0.15) is 10.6 Å². The van der Waals surface area contributed by atoms with Crippen LogP contribution in [0.5, 0.6) is 0 Å². The third kappa shape index (κ3) is 1.50. The summed E-state index contributed by atoms with van der Waals surface area (Å²) >= 11 is 1.64. The number of nitrogens with zero attached hydrogens (tertiary/aromatic N) is 2. The average molecular weight is 208 g/mol. The summed E-state index contributed by atoms with van der Waals surface area (Å²) in [5, 5.41) is 4.24. The maximum absolute atomic E-state index is 5.61. The van der Waals surface area contributed by atoms with Crippen molar-refractivity contribution in [1.82, 2.24) is 9.97 Å². The van der Waals surface area contributed by atoms with Gasteiger partial charge in [0.15, 0.2) is 0 Å². The van der Waals surface area contributed by atoms with Crippen LogP contribution in [0.2, 0.25) is 0 Å². The quantitative estimate of drug-likeness (QED) is 0.792. The van der Waals surface area contributed by atoms with Crippen LogP contribution in [0.4, 0.5) is 11.8 Å². The number of aryl methyl sites for hydroxylation is 1. The summed E-state index contributed by atoms with van der Waals surface area (Å²) in [6, 6.07) is 2.08. The molecule has 2 heterocycles. The van der Waals surface area contributed by atoms with E-state index in [0.29, 0.717) is 5.95 Å². The highest BCUT2D eigenvalue weighted by atomic mass is 32.1. The van der Waals surface area contributed by atoms with E-state index in [1.54, 1.807) is 11.3 Å². The van der Waals surface area contributed by atoms with E-state index >= 15 is 0 Å². The number of hydrogen-bond donors (Lipinski definition) is 2. The van der Waals surface area contributed by atoms with Gasteiger partial charge in [-0.05, 0) is 19.9 Å². The molecular formula is C9H12N4S. The lowest BCUT2D eigenvalue weighted by molar-refractivity contribution is 1.15. The molecule has 4 nitrogen and oxygen atoms in total. The van der Waals surface area contributed by atoms with Crippen LogP contribution in [-0.4, -0.2) is 16.5 Å². The monoisotopic (exact) mass is 208 g/mol. The van der Waals surface area contributed by atoms with Gasteiger partial charge in [-0.25, -0.2) is 4.98 Å². The molecule has 14 heavy (non-hydrogen) atoms. The van der Waals surface area contributed by atoms with Gasteiger partial charge in [0.25, 0.3) is 0 Å². The minimum Gasteiger partial charge on any atom is -0.370 e. The van der Waals surface area contributed by atoms with Crippen LogP contribution in [0, 0.1) is 6.92 Å². The van der Waals surface area contributed by atoms with E-state index in [2.05, 4.69) is 28.3 Å². The molecule has 2 rings (SSSR count). The summed E-state index contributed by atoms with van der Waals surface area (Å²) in [4.78, 5) is 10.5. The molecule has 3 N–H and O–H groups in total. The second kappa shape index (κ2) is 3.42. The summed E-state index contributed by atoms with van der Waals surface area (Å²) in [5.41, 5.74) is 5.61. The second-order valence-electron chi connectivity index (χ2n) is 3.04. The second-order valence-corrected chi connectivity index (χ2v) is 4.27. The highest BCUT2D eigenvalue weighted by Crippen LogP contribution is 2.28. The summed E-state index contributed by atoms with van der Waals surface area (Å²) in [6.45, 7) is 4.92. The van der Waals surface area contributed by atoms with Gasteiger partial charge in [-0.1, -0.05) is 0 Å². The molecule has 74 valence electrons. The molecule has 5 heteroatoms. The van der Waals surface area contributed by atoms with E-state index in [0.717, 1.165) is 22.6 Å². The molecule has 0 fully saturated rings. The lowest BCUT2D eigenvalue weighted by Gasteiger charge is -2.03. The summed E-state index contributed by atoms with van der Waals surface area (Å²) in [6.07, 6.45) is 0. The molecule has 0 amide bonds. The highest BCUT2D eigenvalue weighted by molar-refractivity contribution is 7.18. The summed E-state index contributed by atoms with van der Waals surface area (Å²) in [7, 11) is 0. The molecule has 2 aromatic rings. The lowest BCUT2D eigenvalue weighted by Crippen LogP contribution is -2.03. The molecule has 0 radical (unpaired) electrons. The average Bonchev–Trinajstić information content (AvgIpc) is 2.45. The van der Waals surface area contributed by atoms with E-state index in [1.165, 1.54) is 4.88 Å². The third-order valence-electron chi connectivity index (χ3n) is 1.88. The maximum atomic E-state index is 5.61. The zero-order valence-electron chi connectivity index (χ0n) is 8.16. The molecule has 0 atom stereocenters. The van der Waals surface area contributed by atoms with Gasteiger partial charge in [-0.15, -0.1) is 11.3 Å². The Hall–Kier alpha value is -1.36. The molecule has 0 aliphatic carbocycles. The lowest BCUT2D eigenvalue weighted by atomic mass is 10.3. The largest absolute Gasteiger partial charge is 0.370 e. The van der Waals surface area contributed by atoms with Gasteiger partial charge in [0, 0.05) is 11.4 Å². The van der Waals surface area contributed by atoms with Gasteiger partial charge in [-0.2, -0.15) is 4.98 Å². The van der Waals surface area contributed by atoms with Crippen molar-refractivity contribution >= 4 is 33.3 Å². The Kier molecular flexibility index (Phi) is 2.25. The van der Waals surface area contributed by atoms with Gasteiger partial charge >= 0.3 is 0 Å². The van der Waals surface area contributed by atoms with Crippen molar-refractivity contribution in [3.8, 4) is 0 Å². The first-order chi connectivity index (χ1) is 6.70. The number of anilines is 2. The Labute approximate surface area is 86.2 Å². The van der Waals surface area contributed by atoms with Gasteiger partial charge in [0.05, 0.1) is 5.39 Å². The van der Waals surface area contributed by atoms with E-state index in [-0.39, 0.29) is 0 Å². The fraction of sp³-hybridized carbons (Fsp3) is 0.333. The Bertz CT molecular complexity index is 463. The highest BCUT2D eigenvalue weighted by Gasteiger charge is 2.07. The number of rotatable bonds is 2. The molecule has 0 bridgehead atoms. The fourth-order valence-corrected chi connectivity index (χ4v) is 2.25. The molecule has 0 saturated carbocycles. The number of thiophene rings is 1. The minimum absolute atomic E-state index is 0.329. The molecule has 0 unspecified atom stereocenters. The topological polar surface area (TPSA) is 63.8 Å². The van der Waals surface area contributed by atoms with Crippen LogP contribution in [0.1, 0.15) is 11.8 Å².